The van der Waals surface area contributed by atoms with Crippen molar-refractivity contribution in [3.05, 3.63) is 29.8 Å². The Morgan fingerprint density at radius 3 is 2.52 bits per heavy atom. The quantitative estimate of drug-likeness (QED) is 0.681. The number of ether oxygens (including phenoxy) is 1. The molecular formula is C19H28N2O5S. The van der Waals surface area contributed by atoms with Crippen LogP contribution in [0.15, 0.2) is 29.2 Å². The summed E-state index contributed by atoms with van der Waals surface area (Å²) in [7, 11) is -3.77. The molecule has 1 aromatic carbocycles. The van der Waals surface area contributed by atoms with Crippen molar-refractivity contribution in [2.24, 2.45) is 0 Å². The van der Waals surface area contributed by atoms with Crippen molar-refractivity contribution in [2.75, 3.05) is 19.7 Å². The highest BCUT2D eigenvalue weighted by Crippen LogP contribution is 2.24. The van der Waals surface area contributed by atoms with Crippen LogP contribution in [0.25, 0.3) is 0 Å². The van der Waals surface area contributed by atoms with Gasteiger partial charge in [-0.2, -0.15) is 4.31 Å². The molecule has 1 unspecified atom stereocenters. The molecule has 1 aromatic rings. The normalized spacial score (nSPS) is 16.5. The molecule has 1 amide bonds. The highest BCUT2D eigenvalue weighted by atomic mass is 32.2. The summed E-state index contributed by atoms with van der Waals surface area (Å²) in [4.78, 5) is 24.2. The van der Waals surface area contributed by atoms with Crippen molar-refractivity contribution in [3.8, 4) is 0 Å². The second-order valence-electron chi connectivity index (χ2n) is 6.79. The standard InChI is InChI=1S/C19H28N2O5S/c1-3-9-15(2)20-18(22)14-26-19(23)16-10-5-6-11-17(16)27(24,25)21-12-7-4-8-13-21/h5-6,10-11,15H,3-4,7-9,12-14H2,1-2H3,(H,20,22). The van der Waals surface area contributed by atoms with Crippen LogP contribution in [0.2, 0.25) is 0 Å². The molecule has 1 fully saturated rings. The molecule has 1 atom stereocenters. The number of hydrogen-bond donors (Lipinski definition) is 1. The lowest BCUT2D eigenvalue weighted by atomic mass is 10.2. The Bertz CT molecular complexity index is 757. The van der Waals surface area contributed by atoms with Gasteiger partial charge in [0.15, 0.2) is 6.61 Å². The fourth-order valence-corrected chi connectivity index (χ4v) is 4.83. The zero-order valence-electron chi connectivity index (χ0n) is 15.9. The number of carbonyl (C=O) groups excluding carboxylic acids is 2. The first kappa shape index (κ1) is 21.4. The molecule has 0 spiro atoms. The highest BCUT2D eigenvalue weighted by Gasteiger charge is 2.30. The predicted octanol–water partition coefficient (Wildman–Crippen LogP) is 2.32. The van der Waals surface area contributed by atoms with E-state index in [9.17, 15) is 18.0 Å². The first-order valence-electron chi connectivity index (χ1n) is 9.42. The van der Waals surface area contributed by atoms with Gasteiger partial charge in [-0.3, -0.25) is 4.79 Å². The minimum atomic E-state index is -3.77. The molecule has 8 heteroatoms. The summed E-state index contributed by atoms with van der Waals surface area (Å²) in [5, 5.41) is 2.74. The van der Waals surface area contributed by atoms with E-state index in [4.69, 9.17) is 4.74 Å². The Hall–Kier alpha value is -1.93. The van der Waals surface area contributed by atoms with Crippen molar-refractivity contribution in [3.63, 3.8) is 0 Å². The predicted molar refractivity (Wildman–Crippen MR) is 102 cm³/mol. The van der Waals surface area contributed by atoms with E-state index in [1.54, 1.807) is 12.1 Å². The van der Waals surface area contributed by atoms with Gasteiger partial charge in [-0.1, -0.05) is 31.9 Å². The Morgan fingerprint density at radius 1 is 1.19 bits per heavy atom. The second kappa shape index (κ2) is 9.85. The van der Waals surface area contributed by atoms with Crippen LogP contribution < -0.4 is 5.32 Å². The van der Waals surface area contributed by atoms with Crippen LogP contribution in [-0.2, 0) is 19.6 Å². The van der Waals surface area contributed by atoms with Gasteiger partial charge in [0.2, 0.25) is 10.0 Å². The van der Waals surface area contributed by atoms with Gasteiger partial charge >= 0.3 is 5.97 Å². The van der Waals surface area contributed by atoms with Gasteiger partial charge < -0.3 is 10.1 Å². The van der Waals surface area contributed by atoms with Gasteiger partial charge in [0, 0.05) is 19.1 Å². The number of esters is 1. The monoisotopic (exact) mass is 396 g/mol. The molecule has 0 radical (unpaired) electrons. The molecule has 150 valence electrons. The molecule has 27 heavy (non-hydrogen) atoms. The SMILES string of the molecule is CCCC(C)NC(=O)COC(=O)c1ccccc1S(=O)(=O)N1CCCCC1. The van der Waals surface area contributed by atoms with E-state index in [1.807, 2.05) is 13.8 Å². The summed E-state index contributed by atoms with van der Waals surface area (Å²) >= 11 is 0. The van der Waals surface area contributed by atoms with Gasteiger partial charge in [0.25, 0.3) is 5.91 Å². The molecule has 7 nitrogen and oxygen atoms in total. The minimum Gasteiger partial charge on any atom is -0.452 e. The lowest BCUT2D eigenvalue weighted by molar-refractivity contribution is -0.124. The van der Waals surface area contributed by atoms with Crippen molar-refractivity contribution >= 4 is 21.9 Å². The van der Waals surface area contributed by atoms with Crippen molar-refractivity contribution < 1.29 is 22.7 Å². The number of piperidine rings is 1. The average molecular weight is 397 g/mol. The van der Waals surface area contributed by atoms with E-state index in [1.165, 1.54) is 16.4 Å². The molecule has 1 aliphatic heterocycles. The molecule has 1 heterocycles. The summed E-state index contributed by atoms with van der Waals surface area (Å²) in [6.45, 7) is 4.35. The number of amides is 1. The summed E-state index contributed by atoms with van der Waals surface area (Å²) in [6.07, 6.45) is 4.38. The van der Waals surface area contributed by atoms with E-state index < -0.39 is 28.5 Å². The number of sulfonamides is 1. The van der Waals surface area contributed by atoms with E-state index in [0.29, 0.717) is 13.1 Å². The average Bonchev–Trinajstić information content (AvgIpc) is 2.67. The summed E-state index contributed by atoms with van der Waals surface area (Å²) in [5.74, 6) is -1.22. The largest absolute Gasteiger partial charge is 0.452 e. The van der Waals surface area contributed by atoms with Gasteiger partial charge in [-0.25, -0.2) is 13.2 Å². The van der Waals surface area contributed by atoms with Crippen LogP contribution in [0.5, 0.6) is 0 Å². The molecular weight excluding hydrogens is 368 g/mol. The Labute approximate surface area is 161 Å². The number of benzene rings is 1. The van der Waals surface area contributed by atoms with E-state index >= 15 is 0 Å². The van der Waals surface area contributed by atoms with Crippen LogP contribution in [-0.4, -0.2) is 50.3 Å². The Balaban J connectivity index is 2.08. The molecule has 1 aliphatic rings. The third-order valence-electron chi connectivity index (χ3n) is 4.50. The number of nitrogens with zero attached hydrogens (tertiary/aromatic N) is 1. The smallest absolute Gasteiger partial charge is 0.340 e. The minimum absolute atomic E-state index is 0.00651. The number of carbonyl (C=O) groups is 2. The van der Waals surface area contributed by atoms with Crippen molar-refractivity contribution in [1.82, 2.24) is 9.62 Å². The second-order valence-corrected chi connectivity index (χ2v) is 8.70. The highest BCUT2D eigenvalue weighted by molar-refractivity contribution is 7.89. The van der Waals surface area contributed by atoms with Crippen LogP contribution in [0.1, 0.15) is 56.3 Å². The fraction of sp³-hybridized carbons (Fsp3) is 0.579. The molecule has 0 bridgehead atoms. The van der Waals surface area contributed by atoms with E-state index in [2.05, 4.69) is 5.32 Å². The maximum absolute atomic E-state index is 12.9. The topological polar surface area (TPSA) is 92.8 Å². The molecule has 1 N–H and O–H groups in total. The van der Waals surface area contributed by atoms with Gasteiger partial charge in [-0.15, -0.1) is 0 Å². The zero-order chi connectivity index (χ0) is 19.9. The van der Waals surface area contributed by atoms with Crippen LogP contribution in [0.4, 0.5) is 0 Å². The van der Waals surface area contributed by atoms with Crippen molar-refractivity contribution in [1.29, 1.82) is 0 Å². The first-order chi connectivity index (χ1) is 12.9. The third kappa shape index (κ3) is 5.77. The maximum Gasteiger partial charge on any atom is 0.340 e. The number of rotatable bonds is 8. The first-order valence-corrected chi connectivity index (χ1v) is 10.9. The number of hydrogen-bond acceptors (Lipinski definition) is 5. The van der Waals surface area contributed by atoms with Gasteiger partial charge in [-0.05, 0) is 38.3 Å². The summed E-state index contributed by atoms with van der Waals surface area (Å²) in [5.41, 5.74) is -0.0440. The van der Waals surface area contributed by atoms with E-state index in [0.717, 1.165) is 32.1 Å². The Kier molecular flexibility index (Phi) is 7.79. The molecule has 0 aromatic heterocycles. The van der Waals surface area contributed by atoms with Gasteiger partial charge in [0.05, 0.1) is 10.5 Å². The lowest BCUT2D eigenvalue weighted by Crippen LogP contribution is -2.37. The summed E-state index contributed by atoms with van der Waals surface area (Å²) in [6, 6.07) is 5.97. The van der Waals surface area contributed by atoms with Crippen LogP contribution in [0, 0.1) is 0 Å². The Morgan fingerprint density at radius 2 is 1.85 bits per heavy atom. The molecule has 0 saturated carbocycles. The zero-order valence-corrected chi connectivity index (χ0v) is 16.8. The van der Waals surface area contributed by atoms with Crippen LogP contribution in [0.3, 0.4) is 0 Å². The van der Waals surface area contributed by atoms with Crippen LogP contribution >= 0.6 is 0 Å². The van der Waals surface area contributed by atoms with E-state index in [-0.39, 0.29) is 16.5 Å². The van der Waals surface area contributed by atoms with Gasteiger partial charge in [0.1, 0.15) is 0 Å². The molecule has 2 rings (SSSR count). The summed E-state index contributed by atoms with van der Waals surface area (Å²) < 4.78 is 32.3. The van der Waals surface area contributed by atoms with Crippen molar-refractivity contribution in [2.45, 2.75) is 56.9 Å². The third-order valence-corrected chi connectivity index (χ3v) is 6.46. The molecule has 1 saturated heterocycles. The number of nitrogens with one attached hydrogen (secondary N) is 1. The molecule has 0 aliphatic carbocycles. The maximum atomic E-state index is 12.9. The fourth-order valence-electron chi connectivity index (χ4n) is 3.14. The lowest BCUT2D eigenvalue weighted by Gasteiger charge is -2.26.